The molecule has 2 atom stereocenters. The fourth-order valence-electron chi connectivity index (χ4n) is 3.38. The van der Waals surface area contributed by atoms with E-state index in [1.807, 2.05) is 12.1 Å². The standard InChI is InChI=1S/C24H28N2O6/c1-3-31-19(27)15-18(24(30)32-4-2)21(22(25)28)26-23(29)20(16-11-7-5-8-12-16)17-13-9-6-10-14-17/h5-14,18,20-21H,3-4,15H2,1-2H3,(H2,25,28)(H,26,29)/t18-,21-/m1/s1. The second-order valence-corrected chi connectivity index (χ2v) is 7.01. The number of carbonyl (C=O) groups is 4. The molecule has 2 amide bonds. The van der Waals surface area contributed by atoms with E-state index < -0.39 is 48.1 Å². The Bertz CT molecular complexity index is 877. The normalized spacial score (nSPS) is 12.5. The van der Waals surface area contributed by atoms with Gasteiger partial charge in [0, 0.05) is 0 Å². The average molecular weight is 440 g/mol. The highest BCUT2D eigenvalue weighted by molar-refractivity contribution is 5.95. The van der Waals surface area contributed by atoms with E-state index in [0.717, 1.165) is 0 Å². The number of hydrogen-bond donors (Lipinski definition) is 2. The number of primary amides is 1. The van der Waals surface area contributed by atoms with Crippen LogP contribution in [-0.4, -0.2) is 43.0 Å². The summed E-state index contributed by atoms with van der Waals surface area (Å²) < 4.78 is 9.93. The molecule has 0 aromatic heterocycles. The summed E-state index contributed by atoms with van der Waals surface area (Å²) in [5.41, 5.74) is 6.92. The molecular formula is C24H28N2O6. The Labute approximate surface area is 187 Å². The van der Waals surface area contributed by atoms with Crippen molar-refractivity contribution in [3.05, 3.63) is 71.8 Å². The minimum Gasteiger partial charge on any atom is -0.466 e. The molecule has 0 aliphatic heterocycles. The maximum absolute atomic E-state index is 13.4. The molecule has 2 aromatic carbocycles. The van der Waals surface area contributed by atoms with Crippen LogP contribution in [0.15, 0.2) is 60.7 Å². The highest BCUT2D eigenvalue weighted by Gasteiger charge is 2.38. The molecule has 170 valence electrons. The summed E-state index contributed by atoms with van der Waals surface area (Å²) in [7, 11) is 0. The topological polar surface area (TPSA) is 125 Å². The van der Waals surface area contributed by atoms with Gasteiger partial charge in [0.25, 0.3) is 0 Å². The van der Waals surface area contributed by atoms with E-state index >= 15 is 0 Å². The fraction of sp³-hybridized carbons (Fsp3) is 0.333. The Hall–Kier alpha value is -3.68. The predicted molar refractivity (Wildman–Crippen MR) is 117 cm³/mol. The van der Waals surface area contributed by atoms with Gasteiger partial charge in [-0.05, 0) is 25.0 Å². The van der Waals surface area contributed by atoms with Gasteiger partial charge >= 0.3 is 11.9 Å². The van der Waals surface area contributed by atoms with Crippen LogP contribution in [0.4, 0.5) is 0 Å². The first-order valence-electron chi connectivity index (χ1n) is 10.4. The van der Waals surface area contributed by atoms with Crippen molar-refractivity contribution in [3.63, 3.8) is 0 Å². The largest absolute Gasteiger partial charge is 0.466 e. The molecule has 32 heavy (non-hydrogen) atoms. The lowest BCUT2D eigenvalue weighted by atomic mass is 9.89. The number of amides is 2. The molecule has 3 N–H and O–H groups in total. The Morgan fingerprint density at radius 1 is 0.844 bits per heavy atom. The molecule has 0 unspecified atom stereocenters. The van der Waals surface area contributed by atoms with Gasteiger partial charge < -0.3 is 20.5 Å². The smallest absolute Gasteiger partial charge is 0.312 e. The van der Waals surface area contributed by atoms with Crippen LogP contribution in [0.3, 0.4) is 0 Å². The molecule has 0 radical (unpaired) electrons. The SMILES string of the molecule is CCOC(=O)C[C@@H](C(=O)OCC)[C@@H](NC(=O)C(c1ccccc1)c1ccccc1)C(N)=O. The summed E-state index contributed by atoms with van der Waals surface area (Å²) in [5, 5.41) is 2.58. The van der Waals surface area contributed by atoms with Crippen molar-refractivity contribution in [2.45, 2.75) is 32.2 Å². The zero-order chi connectivity index (χ0) is 23.5. The lowest BCUT2D eigenvalue weighted by Crippen LogP contribution is -2.53. The summed E-state index contributed by atoms with van der Waals surface area (Å²) in [4.78, 5) is 50.2. The van der Waals surface area contributed by atoms with E-state index in [2.05, 4.69) is 5.32 Å². The highest BCUT2D eigenvalue weighted by Crippen LogP contribution is 2.25. The molecule has 8 heteroatoms. The van der Waals surface area contributed by atoms with Gasteiger partial charge in [-0.1, -0.05) is 60.7 Å². The number of hydrogen-bond acceptors (Lipinski definition) is 6. The van der Waals surface area contributed by atoms with Crippen molar-refractivity contribution in [1.82, 2.24) is 5.32 Å². The number of ether oxygens (including phenoxy) is 2. The van der Waals surface area contributed by atoms with Gasteiger partial charge in [-0.15, -0.1) is 0 Å². The van der Waals surface area contributed by atoms with Gasteiger partial charge in [-0.2, -0.15) is 0 Å². The summed E-state index contributed by atoms with van der Waals surface area (Å²) in [5.74, 6) is -5.09. The number of esters is 2. The van der Waals surface area contributed by atoms with Crippen molar-refractivity contribution in [2.24, 2.45) is 11.7 Å². The van der Waals surface area contributed by atoms with Crippen LogP contribution >= 0.6 is 0 Å². The molecule has 0 aliphatic rings. The Balaban J connectivity index is 2.38. The maximum Gasteiger partial charge on any atom is 0.312 e. The van der Waals surface area contributed by atoms with E-state index in [9.17, 15) is 19.2 Å². The lowest BCUT2D eigenvalue weighted by molar-refractivity contribution is -0.157. The van der Waals surface area contributed by atoms with Crippen LogP contribution in [0, 0.1) is 5.92 Å². The summed E-state index contributed by atoms with van der Waals surface area (Å²) in [6.45, 7) is 3.35. The summed E-state index contributed by atoms with van der Waals surface area (Å²) in [6.07, 6.45) is -0.456. The van der Waals surface area contributed by atoms with E-state index in [1.54, 1.807) is 62.4 Å². The second kappa shape index (κ2) is 12.2. The molecule has 0 heterocycles. The van der Waals surface area contributed by atoms with Gasteiger partial charge in [-0.25, -0.2) is 0 Å². The minimum absolute atomic E-state index is 0.0360. The maximum atomic E-state index is 13.4. The first-order chi connectivity index (χ1) is 15.4. The summed E-state index contributed by atoms with van der Waals surface area (Å²) >= 11 is 0. The van der Waals surface area contributed by atoms with Gasteiger partial charge in [0.2, 0.25) is 11.8 Å². The monoisotopic (exact) mass is 440 g/mol. The second-order valence-electron chi connectivity index (χ2n) is 7.01. The highest BCUT2D eigenvalue weighted by atomic mass is 16.5. The molecular weight excluding hydrogens is 412 g/mol. The van der Waals surface area contributed by atoms with Crippen LogP contribution in [0.5, 0.6) is 0 Å². The minimum atomic E-state index is -1.46. The third-order valence-corrected chi connectivity index (χ3v) is 4.82. The number of carbonyl (C=O) groups excluding carboxylic acids is 4. The van der Waals surface area contributed by atoms with Gasteiger partial charge in [0.05, 0.1) is 31.5 Å². The molecule has 0 spiro atoms. The van der Waals surface area contributed by atoms with Crippen molar-refractivity contribution >= 4 is 23.8 Å². The number of nitrogens with two attached hydrogens (primary N) is 1. The van der Waals surface area contributed by atoms with Gasteiger partial charge in [0.1, 0.15) is 6.04 Å². The number of nitrogens with one attached hydrogen (secondary N) is 1. The first kappa shape index (κ1) is 24.6. The zero-order valence-corrected chi connectivity index (χ0v) is 18.2. The van der Waals surface area contributed by atoms with Crippen molar-refractivity contribution < 1.29 is 28.7 Å². The van der Waals surface area contributed by atoms with Crippen molar-refractivity contribution in [2.75, 3.05) is 13.2 Å². The molecule has 8 nitrogen and oxygen atoms in total. The third kappa shape index (κ3) is 6.66. The van der Waals surface area contributed by atoms with E-state index in [-0.39, 0.29) is 13.2 Å². The Morgan fingerprint density at radius 2 is 1.34 bits per heavy atom. The Morgan fingerprint density at radius 3 is 1.78 bits per heavy atom. The first-order valence-corrected chi connectivity index (χ1v) is 10.4. The van der Waals surface area contributed by atoms with Crippen LogP contribution < -0.4 is 11.1 Å². The molecule has 0 saturated heterocycles. The van der Waals surface area contributed by atoms with Crippen LogP contribution in [0.1, 0.15) is 37.3 Å². The molecule has 0 bridgehead atoms. The average Bonchev–Trinajstić information content (AvgIpc) is 2.78. The molecule has 2 aromatic rings. The number of benzene rings is 2. The quantitative estimate of drug-likeness (QED) is 0.515. The summed E-state index contributed by atoms with van der Waals surface area (Å²) in [6, 6.07) is 16.5. The predicted octanol–water partition coefficient (Wildman–Crippen LogP) is 1.92. The van der Waals surface area contributed by atoms with Gasteiger partial charge in [0.15, 0.2) is 0 Å². The van der Waals surface area contributed by atoms with E-state index in [0.29, 0.717) is 11.1 Å². The van der Waals surface area contributed by atoms with Crippen LogP contribution in [0.2, 0.25) is 0 Å². The van der Waals surface area contributed by atoms with Gasteiger partial charge in [-0.3, -0.25) is 19.2 Å². The zero-order valence-electron chi connectivity index (χ0n) is 18.2. The third-order valence-electron chi connectivity index (χ3n) is 4.82. The molecule has 0 fully saturated rings. The molecule has 2 rings (SSSR count). The van der Waals surface area contributed by atoms with Crippen molar-refractivity contribution in [3.8, 4) is 0 Å². The fourth-order valence-corrected chi connectivity index (χ4v) is 3.38. The molecule has 0 aliphatic carbocycles. The molecule has 0 saturated carbocycles. The van der Waals surface area contributed by atoms with Crippen LogP contribution in [0.25, 0.3) is 0 Å². The van der Waals surface area contributed by atoms with Crippen molar-refractivity contribution in [1.29, 1.82) is 0 Å². The number of rotatable bonds is 11. The lowest BCUT2D eigenvalue weighted by Gasteiger charge is -2.26. The Kier molecular flexibility index (Phi) is 9.41. The van der Waals surface area contributed by atoms with E-state index in [1.165, 1.54) is 0 Å². The van der Waals surface area contributed by atoms with Crippen LogP contribution in [-0.2, 0) is 28.7 Å². The van der Waals surface area contributed by atoms with E-state index in [4.69, 9.17) is 15.2 Å².